The van der Waals surface area contributed by atoms with Crippen LogP contribution < -0.4 is 0 Å². The van der Waals surface area contributed by atoms with E-state index in [2.05, 4.69) is 9.98 Å². The van der Waals surface area contributed by atoms with Gasteiger partial charge in [-0.1, -0.05) is 6.07 Å². The van der Waals surface area contributed by atoms with E-state index >= 15 is 0 Å². The standard InChI is InChI=1S/C10H13N3/c1-7(11)9-5-4-6-10(13-9)8(2)12-3/h4-6,11H,1-3H3. The Labute approximate surface area is 78.1 Å². The molecule has 0 amide bonds. The molecular weight excluding hydrogens is 162 g/mol. The quantitative estimate of drug-likeness (QED) is 0.686. The lowest BCUT2D eigenvalue weighted by molar-refractivity contribution is 1.22. The molecule has 3 nitrogen and oxygen atoms in total. The zero-order chi connectivity index (χ0) is 9.84. The monoisotopic (exact) mass is 175 g/mol. The normalized spacial score (nSPS) is 11.5. The molecule has 0 atom stereocenters. The van der Waals surface area contributed by atoms with Crippen molar-refractivity contribution in [2.24, 2.45) is 4.99 Å². The first-order chi connectivity index (χ1) is 6.15. The third-order valence-corrected chi connectivity index (χ3v) is 1.84. The first-order valence-corrected chi connectivity index (χ1v) is 4.11. The minimum atomic E-state index is 0.478. The van der Waals surface area contributed by atoms with Crippen LogP contribution in [0.5, 0.6) is 0 Å². The Morgan fingerprint density at radius 1 is 1.31 bits per heavy atom. The molecule has 1 N–H and O–H groups in total. The number of aromatic nitrogens is 1. The highest BCUT2D eigenvalue weighted by atomic mass is 14.8. The second-order valence-electron chi connectivity index (χ2n) is 2.84. The van der Waals surface area contributed by atoms with Gasteiger partial charge in [0.2, 0.25) is 0 Å². The number of aliphatic imine (C=N–C) groups is 1. The first kappa shape index (κ1) is 9.58. The van der Waals surface area contributed by atoms with Gasteiger partial charge >= 0.3 is 0 Å². The van der Waals surface area contributed by atoms with Gasteiger partial charge in [-0.3, -0.25) is 4.99 Å². The summed E-state index contributed by atoms with van der Waals surface area (Å²) in [5, 5.41) is 7.43. The molecule has 68 valence electrons. The maximum absolute atomic E-state index is 7.43. The van der Waals surface area contributed by atoms with Gasteiger partial charge in [-0.2, -0.15) is 0 Å². The molecular formula is C10H13N3. The van der Waals surface area contributed by atoms with Crippen molar-refractivity contribution in [2.45, 2.75) is 13.8 Å². The fraction of sp³-hybridized carbons (Fsp3) is 0.300. The highest BCUT2D eigenvalue weighted by Gasteiger charge is 2.00. The molecule has 0 fully saturated rings. The maximum atomic E-state index is 7.43. The van der Waals surface area contributed by atoms with Crippen LogP contribution in [-0.4, -0.2) is 23.5 Å². The van der Waals surface area contributed by atoms with E-state index in [-0.39, 0.29) is 0 Å². The summed E-state index contributed by atoms with van der Waals surface area (Å²) in [6, 6.07) is 5.62. The second kappa shape index (κ2) is 3.94. The lowest BCUT2D eigenvalue weighted by Gasteiger charge is -2.01. The summed E-state index contributed by atoms with van der Waals surface area (Å²) in [6.45, 7) is 3.63. The Balaban J connectivity index is 3.13. The predicted molar refractivity (Wildman–Crippen MR) is 54.9 cm³/mol. The van der Waals surface area contributed by atoms with E-state index in [1.54, 1.807) is 14.0 Å². The van der Waals surface area contributed by atoms with Gasteiger partial charge in [0.15, 0.2) is 0 Å². The summed E-state index contributed by atoms with van der Waals surface area (Å²) in [6.07, 6.45) is 0. The van der Waals surface area contributed by atoms with Gasteiger partial charge in [-0.05, 0) is 26.0 Å². The SMILES string of the molecule is CN=C(C)c1cccc(C(C)=N)n1. The summed E-state index contributed by atoms with van der Waals surface area (Å²) in [5.41, 5.74) is 2.92. The lowest BCUT2D eigenvalue weighted by Crippen LogP contribution is -2.03. The van der Waals surface area contributed by atoms with Crippen molar-refractivity contribution in [3.05, 3.63) is 29.6 Å². The number of hydrogen-bond acceptors (Lipinski definition) is 3. The fourth-order valence-corrected chi connectivity index (χ4v) is 0.960. The van der Waals surface area contributed by atoms with E-state index in [1.807, 2.05) is 25.1 Å². The molecule has 1 heterocycles. The Morgan fingerprint density at radius 2 is 1.92 bits per heavy atom. The van der Waals surface area contributed by atoms with Crippen molar-refractivity contribution in [2.75, 3.05) is 7.05 Å². The minimum absolute atomic E-state index is 0.478. The summed E-state index contributed by atoms with van der Waals surface area (Å²) < 4.78 is 0. The largest absolute Gasteiger partial charge is 0.303 e. The molecule has 0 spiro atoms. The Bertz CT molecular complexity index is 353. The van der Waals surface area contributed by atoms with Gasteiger partial charge in [-0.15, -0.1) is 0 Å². The van der Waals surface area contributed by atoms with Crippen LogP contribution in [0.1, 0.15) is 25.2 Å². The van der Waals surface area contributed by atoms with Crippen LogP contribution in [0, 0.1) is 5.41 Å². The molecule has 0 bridgehead atoms. The summed E-state index contributed by atoms with van der Waals surface area (Å²) in [4.78, 5) is 8.33. The van der Waals surface area contributed by atoms with Gasteiger partial charge < -0.3 is 5.41 Å². The van der Waals surface area contributed by atoms with E-state index in [4.69, 9.17) is 5.41 Å². The second-order valence-corrected chi connectivity index (χ2v) is 2.84. The molecule has 0 radical (unpaired) electrons. The Kier molecular flexibility index (Phi) is 2.90. The van der Waals surface area contributed by atoms with Gasteiger partial charge in [-0.25, -0.2) is 4.98 Å². The number of rotatable bonds is 2. The Morgan fingerprint density at radius 3 is 2.46 bits per heavy atom. The molecule has 0 aliphatic rings. The molecule has 1 aromatic rings. The predicted octanol–water partition coefficient (Wildman–Crippen LogP) is 1.91. The average molecular weight is 175 g/mol. The van der Waals surface area contributed by atoms with Crippen molar-refractivity contribution in [1.29, 1.82) is 5.41 Å². The smallest absolute Gasteiger partial charge is 0.0844 e. The molecule has 13 heavy (non-hydrogen) atoms. The highest BCUT2D eigenvalue weighted by Crippen LogP contribution is 2.01. The first-order valence-electron chi connectivity index (χ1n) is 4.11. The lowest BCUT2D eigenvalue weighted by atomic mass is 10.2. The van der Waals surface area contributed by atoms with Crippen LogP contribution >= 0.6 is 0 Å². The highest BCUT2D eigenvalue weighted by molar-refractivity contribution is 5.99. The number of hydrogen-bond donors (Lipinski definition) is 1. The van der Waals surface area contributed by atoms with Gasteiger partial charge in [0.1, 0.15) is 0 Å². The number of pyridine rings is 1. The third-order valence-electron chi connectivity index (χ3n) is 1.84. The van der Waals surface area contributed by atoms with Crippen LogP contribution in [0.25, 0.3) is 0 Å². The molecule has 0 saturated carbocycles. The maximum Gasteiger partial charge on any atom is 0.0844 e. The van der Waals surface area contributed by atoms with E-state index in [0.29, 0.717) is 11.4 Å². The molecule has 0 aliphatic carbocycles. The van der Waals surface area contributed by atoms with Crippen LogP contribution in [0.2, 0.25) is 0 Å². The fourth-order valence-electron chi connectivity index (χ4n) is 0.960. The van der Waals surface area contributed by atoms with Crippen molar-refractivity contribution < 1.29 is 0 Å². The third kappa shape index (κ3) is 2.21. The summed E-state index contributed by atoms with van der Waals surface area (Å²) in [7, 11) is 1.74. The van der Waals surface area contributed by atoms with Crippen molar-refractivity contribution in [1.82, 2.24) is 4.98 Å². The summed E-state index contributed by atoms with van der Waals surface area (Å²) in [5.74, 6) is 0. The average Bonchev–Trinajstić information content (AvgIpc) is 2.17. The zero-order valence-electron chi connectivity index (χ0n) is 8.13. The number of nitrogens with zero attached hydrogens (tertiary/aromatic N) is 2. The van der Waals surface area contributed by atoms with Crippen LogP contribution in [0.3, 0.4) is 0 Å². The van der Waals surface area contributed by atoms with Gasteiger partial charge in [0, 0.05) is 7.05 Å². The molecule has 1 aromatic heterocycles. The molecule has 1 rings (SSSR count). The van der Waals surface area contributed by atoms with Crippen LogP contribution in [0.4, 0.5) is 0 Å². The summed E-state index contributed by atoms with van der Waals surface area (Å²) >= 11 is 0. The van der Waals surface area contributed by atoms with E-state index in [9.17, 15) is 0 Å². The van der Waals surface area contributed by atoms with E-state index in [0.717, 1.165) is 11.4 Å². The van der Waals surface area contributed by atoms with Gasteiger partial charge in [0.25, 0.3) is 0 Å². The molecule has 0 aliphatic heterocycles. The molecule has 0 saturated heterocycles. The van der Waals surface area contributed by atoms with Crippen molar-refractivity contribution in [3.8, 4) is 0 Å². The van der Waals surface area contributed by atoms with E-state index < -0.39 is 0 Å². The van der Waals surface area contributed by atoms with Crippen LogP contribution in [0.15, 0.2) is 23.2 Å². The zero-order valence-corrected chi connectivity index (χ0v) is 8.13. The molecule has 0 aromatic carbocycles. The Hall–Kier alpha value is -1.51. The van der Waals surface area contributed by atoms with Crippen LogP contribution in [-0.2, 0) is 0 Å². The molecule has 0 unspecified atom stereocenters. The molecule has 3 heteroatoms. The minimum Gasteiger partial charge on any atom is -0.303 e. The topological polar surface area (TPSA) is 49.1 Å². The number of nitrogens with one attached hydrogen (secondary N) is 1. The van der Waals surface area contributed by atoms with E-state index in [1.165, 1.54) is 0 Å². The van der Waals surface area contributed by atoms with Crippen molar-refractivity contribution in [3.63, 3.8) is 0 Å². The van der Waals surface area contributed by atoms with Crippen molar-refractivity contribution >= 4 is 11.4 Å². The van der Waals surface area contributed by atoms with Gasteiger partial charge in [0.05, 0.1) is 22.8 Å².